The summed E-state index contributed by atoms with van der Waals surface area (Å²) in [5, 5.41) is 14.9. The van der Waals surface area contributed by atoms with Crippen LogP contribution in [0.4, 0.5) is 0 Å². The van der Waals surface area contributed by atoms with Crippen LogP contribution in [0.1, 0.15) is 16.2 Å². The molecule has 4 rings (SSSR count). The zero-order valence-electron chi connectivity index (χ0n) is 13.1. The van der Waals surface area contributed by atoms with Gasteiger partial charge in [-0.25, -0.2) is 14.5 Å². The lowest BCUT2D eigenvalue weighted by atomic mass is 10.1. The molecule has 1 aromatic carbocycles. The van der Waals surface area contributed by atoms with Crippen LogP contribution in [0.25, 0.3) is 27.2 Å². The molecule has 0 amide bonds. The fourth-order valence-electron chi connectivity index (χ4n) is 2.80. The summed E-state index contributed by atoms with van der Waals surface area (Å²) in [6.45, 7) is 1.89. The molecule has 5 nitrogen and oxygen atoms in total. The molecule has 0 fully saturated rings. The SMILES string of the molecule is Cc1nn(-c2ccccc2)c2nc(C(=O)O)cc(-c3ccc(Cl)s3)c12. The first-order valence-electron chi connectivity index (χ1n) is 7.49. The van der Waals surface area contributed by atoms with Gasteiger partial charge in [0.15, 0.2) is 11.3 Å². The number of thiophene rings is 1. The van der Waals surface area contributed by atoms with Gasteiger partial charge >= 0.3 is 5.97 Å². The van der Waals surface area contributed by atoms with Crippen molar-refractivity contribution in [3.05, 3.63) is 64.3 Å². The van der Waals surface area contributed by atoms with E-state index in [9.17, 15) is 9.90 Å². The summed E-state index contributed by atoms with van der Waals surface area (Å²) < 4.78 is 2.32. The molecule has 0 aliphatic heterocycles. The summed E-state index contributed by atoms with van der Waals surface area (Å²) in [5.74, 6) is -1.08. The second kappa shape index (κ2) is 5.98. The van der Waals surface area contributed by atoms with Gasteiger partial charge in [0, 0.05) is 10.4 Å². The average molecular weight is 370 g/mol. The largest absolute Gasteiger partial charge is 0.477 e. The van der Waals surface area contributed by atoms with Gasteiger partial charge in [0.2, 0.25) is 0 Å². The highest BCUT2D eigenvalue weighted by Gasteiger charge is 2.20. The first-order chi connectivity index (χ1) is 12.0. The van der Waals surface area contributed by atoms with E-state index in [4.69, 9.17) is 11.6 Å². The third kappa shape index (κ3) is 2.69. The smallest absolute Gasteiger partial charge is 0.354 e. The molecule has 0 aliphatic carbocycles. The van der Waals surface area contributed by atoms with Gasteiger partial charge in [-0.3, -0.25) is 0 Å². The highest BCUT2D eigenvalue weighted by molar-refractivity contribution is 7.19. The van der Waals surface area contributed by atoms with Crippen LogP contribution >= 0.6 is 22.9 Å². The number of benzene rings is 1. The van der Waals surface area contributed by atoms with Gasteiger partial charge in [-0.2, -0.15) is 5.10 Å². The Kier molecular flexibility index (Phi) is 3.78. The van der Waals surface area contributed by atoms with E-state index >= 15 is 0 Å². The molecule has 0 saturated carbocycles. The molecule has 25 heavy (non-hydrogen) atoms. The van der Waals surface area contributed by atoms with Gasteiger partial charge < -0.3 is 5.11 Å². The lowest BCUT2D eigenvalue weighted by Gasteiger charge is -2.06. The van der Waals surface area contributed by atoms with E-state index in [0.29, 0.717) is 9.98 Å². The van der Waals surface area contributed by atoms with Crippen molar-refractivity contribution in [3.63, 3.8) is 0 Å². The number of pyridine rings is 1. The van der Waals surface area contributed by atoms with E-state index in [1.165, 1.54) is 11.3 Å². The molecule has 7 heteroatoms. The second-order valence-corrected chi connectivity index (χ2v) is 7.21. The average Bonchev–Trinajstić information content (AvgIpc) is 3.19. The monoisotopic (exact) mass is 369 g/mol. The van der Waals surface area contributed by atoms with Crippen molar-refractivity contribution in [1.82, 2.24) is 14.8 Å². The van der Waals surface area contributed by atoms with Gasteiger partial charge in [-0.15, -0.1) is 11.3 Å². The van der Waals surface area contributed by atoms with Crippen LogP contribution < -0.4 is 0 Å². The number of para-hydroxylation sites is 1. The molecule has 0 saturated heterocycles. The van der Waals surface area contributed by atoms with Crippen molar-refractivity contribution >= 4 is 39.9 Å². The summed E-state index contributed by atoms with van der Waals surface area (Å²) >= 11 is 7.47. The number of aryl methyl sites for hydroxylation is 1. The number of aromatic nitrogens is 3. The van der Waals surface area contributed by atoms with Crippen LogP contribution in [-0.2, 0) is 0 Å². The Balaban J connectivity index is 2.09. The maximum atomic E-state index is 11.6. The first kappa shape index (κ1) is 15.8. The van der Waals surface area contributed by atoms with Crippen molar-refractivity contribution in [2.24, 2.45) is 0 Å². The van der Waals surface area contributed by atoms with Gasteiger partial charge in [0.25, 0.3) is 0 Å². The molecule has 1 N–H and O–H groups in total. The Morgan fingerprint density at radius 2 is 1.96 bits per heavy atom. The molecular formula is C18H12ClN3O2S. The van der Waals surface area contributed by atoms with Crippen LogP contribution in [-0.4, -0.2) is 25.8 Å². The number of rotatable bonds is 3. The standard InChI is InChI=1S/C18H12ClN3O2S/c1-10-16-12(14-7-8-15(19)25-14)9-13(18(23)24)20-17(16)22(21-10)11-5-3-2-4-6-11/h2-9H,1H3,(H,23,24). The molecule has 0 radical (unpaired) electrons. The molecule has 4 aromatic rings. The summed E-state index contributed by atoms with van der Waals surface area (Å²) in [7, 11) is 0. The van der Waals surface area contributed by atoms with Crippen molar-refractivity contribution in [2.75, 3.05) is 0 Å². The number of hydrogen-bond donors (Lipinski definition) is 1. The molecule has 3 aromatic heterocycles. The topological polar surface area (TPSA) is 68.0 Å². The highest BCUT2D eigenvalue weighted by atomic mass is 35.5. The molecule has 3 heterocycles. The van der Waals surface area contributed by atoms with Crippen molar-refractivity contribution in [2.45, 2.75) is 6.92 Å². The molecule has 0 atom stereocenters. The fourth-order valence-corrected chi connectivity index (χ4v) is 3.87. The van der Waals surface area contributed by atoms with Gasteiger partial charge in [-0.1, -0.05) is 29.8 Å². The predicted octanol–water partition coefficient (Wildman–Crippen LogP) is 4.81. The van der Waals surface area contributed by atoms with Crippen LogP contribution in [0.2, 0.25) is 4.34 Å². The third-order valence-corrected chi connectivity index (χ3v) is 5.14. The Hall–Kier alpha value is -2.70. The number of carboxylic acids is 1. The van der Waals surface area contributed by atoms with E-state index in [1.54, 1.807) is 16.8 Å². The Morgan fingerprint density at radius 3 is 2.60 bits per heavy atom. The zero-order valence-corrected chi connectivity index (χ0v) is 14.7. The Bertz CT molecular complexity index is 1100. The lowest BCUT2D eigenvalue weighted by molar-refractivity contribution is 0.0691. The number of carbonyl (C=O) groups is 1. The number of fused-ring (bicyclic) bond motifs is 1. The molecule has 0 bridgehead atoms. The summed E-state index contributed by atoms with van der Waals surface area (Å²) in [6.07, 6.45) is 0. The Labute approximate surface area is 152 Å². The first-order valence-corrected chi connectivity index (χ1v) is 8.69. The molecule has 124 valence electrons. The number of hydrogen-bond acceptors (Lipinski definition) is 4. The quantitative estimate of drug-likeness (QED) is 0.562. The van der Waals surface area contributed by atoms with E-state index in [0.717, 1.165) is 27.2 Å². The van der Waals surface area contributed by atoms with E-state index in [2.05, 4.69) is 10.1 Å². The minimum atomic E-state index is -1.08. The van der Waals surface area contributed by atoms with E-state index in [-0.39, 0.29) is 5.69 Å². The van der Waals surface area contributed by atoms with Gasteiger partial charge in [0.1, 0.15) is 0 Å². The van der Waals surface area contributed by atoms with Gasteiger partial charge in [0.05, 0.1) is 21.1 Å². The molecule has 0 aliphatic rings. The summed E-state index contributed by atoms with van der Waals surface area (Å²) in [6, 6.07) is 14.8. The third-order valence-electron chi connectivity index (χ3n) is 3.87. The van der Waals surface area contributed by atoms with Crippen LogP contribution in [0.3, 0.4) is 0 Å². The van der Waals surface area contributed by atoms with Crippen LogP contribution in [0.15, 0.2) is 48.5 Å². The normalized spacial score (nSPS) is 11.1. The predicted molar refractivity (Wildman–Crippen MR) is 98.9 cm³/mol. The zero-order chi connectivity index (χ0) is 17.6. The minimum Gasteiger partial charge on any atom is -0.477 e. The Morgan fingerprint density at radius 1 is 1.20 bits per heavy atom. The second-order valence-electron chi connectivity index (χ2n) is 5.50. The van der Waals surface area contributed by atoms with E-state index in [1.807, 2.05) is 43.3 Å². The number of halogens is 1. The maximum Gasteiger partial charge on any atom is 0.354 e. The molecule has 0 spiro atoms. The number of carboxylic acid groups (broad SMARTS) is 1. The van der Waals surface area contributed by atoms with Crippen molar-refractivity contribution in [1.29, 1.82) is 0 Å². The minimum absolute atomic E-state index is 0.0240. The summed E-state index contributed by atoms with van der Waals surface area (Å²) in [4.78, 5) is 16.8. The van der Waals surface area contributed by atoms with Crippen LogP contribution in [0.5, 0.6) is 0 Å². The molecule has 0 unspecified atom stereocenters. The van der Waals surface area contributed by atoms with E-state index < -0.39 is 5.97 Å². The number of aromatic carboxylic acids is 1. The summed E-state index contributed by atoms with van der Waals surface area (Å²) in [5.41, 5.74) is 2.87. The van der Waals surface area contributed by atoms with Crippen molar-refractivity contribution in [3.8, 4) is 16.1 Å². The lowest BCUT2D eigenvalue weighted by Crippen LogP contribution is -2.04. The van der Waals surface area contributed by atoms with Gasteiger partial charge in [-0.05, 0) is 37.3 Å². The van der Waals surface area contributed by atoms with Crippen LogP contribution in [0, 0.1) is 6.92 Å². The number of nitrogens with zero attached hydrogens (tertiary/aromatic N) is 3. The van der Waals surface area contributed by atoms with Crippen molar-refractivity contribution < 1.29 is 9.90 Å². The maximum absolute atomic E-state index is 11.6. The fraction of sp³-hybridized carbons (Fsp3) is 0.0556. The molecular weight excluding hydrogens is 358 g/mol. The highest BCUT2D eigenvalue weighted by Crippen LogP contribution is 2.37.